The summed E-state index contributed by atoms with van der Waals surface area (Å²) in [5.74, 6) is -0.171. The van der Waals surface area contributed by atoms with Gasteiger partial charge in [-0.05, 0) is 6.92 Å². The number of aromatic amines is 1. The van der Waals surface area contributed by atoms with Crippen molar-refractivity contribution in [3.8, 4) is 0 Å². The summed E-state index contributed by atoms with van der Waals surface area (Å²) < 4.78 is 1.42. The van der Waals surface area contributed by atoms with Gasteiger partial charge in [-0.2, -0.15) is 0 Å². The molecule has 1 aromatic heterocycles. The van der Waals surface area contributed by atoms with Crippen LogP contribution in [0.25, 0.3) is 0 Å². The number of aryl methyl sites for hydroxylation is 1. The third kappa shape index (κ3) is 2.13. The van der Waals surface area contributed by atoms with E-state index in [0.29, 0.717) is 5.56 Å². The molecular formula is C11H16N2O4S. The minimum absolute atomic E-state index is 0.135. The van der Waals surface area contributed by atoms with Gasteiger partial charge in [-0.1, -0.05) is 6.92 Å². The van der Waals surface area contributed by atoms with Gasteiger partial charge in [-0.25, -0.2) is 4.79 Å². The third-order valence-corrected chi connectivity index (χ3v) is 5.00. The van der Waals surface area contributed by atoms with E-state index in [9.17, 15) is 14.7 Å². The minimum Gasteiger partial charge on any atom is -0.395 e. The Labute approximate surface area is 108 Å². The largest absolute Gasteiger partial charge is 0.395 e. The van der Waals surface area contributed by atoms with Gasteiger partial charge in [0.2, 0.25) is 0 Å². The molecule has 0 amide bonds. The number of aliphatic hydroxyl groups excluding tert-OH is 2. The van der Waals surface area contributed by atoms with Crippen LogP contribution in [0.15, 0.2) is 15.8 Å². The number of nitrogens with one attached hydrogen (secondary N) is 1. The zero-order valence-corrected chi connectivity index (χ0v) is 11.0. The number of nitrogens with zero attached hydrogens (tertiary/aromatic N) is 1. The normalized spacial score (nSPS) is 31.8. The summed E-state index contributed by atoms with van der Waals surface area (Å²) in [6, 6.07) is 0. The Morgan fingerprint density at radius 2 is 2.17 bits per heavy atom. The van der Waals surface area contributed by atoms with Crippen LogP contribution in [0.1, 0.15) is 17.9 Å². The average Bonchev–Trinajstić information content (AvgIpc) is 2.61. The van der Waals surface area contributed by atoms with Crippen LogP contribution in [0.3, 0.4) is 0 Å². The second-order valence-electron chi connectivity index (χ2n) is 4.58. The lowest BCUT2D eigenvalue weighted by Crippen LogP contribution is -2.34. The molecule has 1 aliphatic heterocycles. The quantitative estimate of drug-likeness (QED) is 0.671. The van der Waals surface area contributed by atoms with Crippen molar-refractivity contribution in [3.05, 3.63) is 32.6 Å². The highest BCUT2D eigenvalue weighted by Crippen LogP contribution is 2.44. The van der Waals surface area contributed by atoms with Crippen molar-refractivity contribution < 1.29 is 10.2 Å². The molecule has 1 aliphatic rings. The zero-order chi connectivity index (χ0) is 13.4. The van der Waals surface area contributed by atoms with Crippen molar-refractivity contribution in [2.75, 3.05) is 6.61 Å². The summed E-state index contributed by atoms with van der Waals surface area (Å²) in [4.78, 5) is 25.3. The fraction of sp³-hybridized carbons (Fsp3) is 0.636. The molecule has 2 rings (SSSR count). The molecule has 2 heterocycles. The number of hydrogen-bond acceptors (Lipinski definition) is 5. The second kappa shape index (κ2) is 4.91. The summed E-state index contributed by atoms with van der Waals surface area (Å²) in [5, 5.41) is 18.5. The molecule has 0 aromatic carbocycles. The van der Waals surface area contributed by atoms with Gasteiger partial charge >= 0.3 is 5.69 Å². The first-order valence-corrected chi connectivity index (χ1v) is 6.66. The SMILES string of the molecule is Cc1cn([C@H]2S[C@H](CO)C(O)C2C)c(=O)[nH]c1=O. The first-order valence-electron chi connectivity index (χ1n) is 5.72. The number of rotatable bonds is 2. The highest BCUT2D eigenvalue weighted by molar-refractivity contribution is 8.00. The lowest BCUT2D eigenvalue weighted by atomic mass is 10.0. The zero-order valence-electron chi connectivity index (χ0n) is 10.2. The fourth-order valence-electron chi connectivity index (χ4n) is 2.14. The number of hydrogen-bond donors (Lipinski definition) is 3. The second-order valence-corrected chi connectivity index (χ2v) is 5.94. The molecular weight excluding hydrogens is 256 g/mol. The van der Waals surface area contributed by atoms with Gasteiger partial charge in [0.15, 0.2) is 0 Å². The molecule has 1 aromatic rings. The Bertz CT molecular complexity index is 553. The van der Waals surface area contributed by atoms with Crippen molar-refractivity contribution in [1.82, 2.24) is 9.55 Å². The Balaban J connectivity index is 2.42. The average molecular weight is 272 g/mol. The van der Waals surface area contributed by atoms with Crippen molar-refractivity contribution in [2.45, 2.75) is 30.6 Å². The van der Waals surface area contributed by atoms with Crippen LogP contribution < -0.4 is 11.2 Å². The van der Waals surface area contributed by atoms with Crippen LogP contribution in [-0.2, 0) is 0 Å². The van der Waals surface area contributed by atoms with Crippen LogP contribution in [0, 0.1) is 12.8 Å². The van der Waals surface area contributed by atoms with E-state index in [-0.39, 0.29) is 23.1 Å². The maximum atomic E-state index is 11.8. The smallest absolute Gasteiger partial charge is 0.329 e. The van der Waals surface area contributed by atoms with Gasteiger partial charge in [-0.15, -0.1) is 11.8 Å². The van der Waals surface area contributed by atoms with E-state index in [1.165, 1.54) is 22.5 Å². The van der Waals surface area contributed by atoms with Crippen LogP contribution in [0.4, 0.5) is 0 Å². The number of thioether (sulfide) groups is 1. The van der Waals surface area contributed by atoms with Crippen molar-refractivity contribution in [3.63, 3.8) is 0 Å². The van der Waals surface area contributed by atoms with Crippen molar-refractivity contribution in [1.29, 1.82) is 0 Å². The van der Waals surface area contributed by atoms with E-state index in [1.807, 2.05) is 6.92 Å². The summed E-state index contributed by atoms with van der Waals surface area (Å²) >= 11 is 1.35. The van der Waals surface area contributed by atoms with Gasteiger partial charge in [-0.3, -0.25) is 14.3 Å². The number of aromatic nitrogens is 2. The van der Waals surface area contributed by atoms with E-state index in [4.69, 9.17) is 5.11 Å². The molecule has 0 bridgehead atoms. The molecule has 3 N–H and O–H groups in total. The van der Waals surface area contributed by atoms with Gasteiger partial charge in [0.05, 0.1) is 23.3 Å². The molecule has 1 fully saturated rings. The fourth-order valence-corrected chi connectivity index (χ4v) is 3.69. The molecule has 100 valence electrons. The molecule has 2 unspecified atom stereocenters. The Morgan fingerprint density at radius 3 is 2.72 bits per heavy atom. The lowest BCUT2D eigenvalue weighted by Gasteiger charge is -2.18. The predicted molar refractivity (Wildman–Crippen MR) is 68.7 cm³/mol. The molecule has 4 atom stereocenters. The van der Waals surface area contributed by atoms with E-state index >= 15 is 0 Å². The van der Waals surface area contributed by atoms with Crippen LogP contribution in [0.5, 0.6) is 0 Å². The molecule has 0 saturated carbocycles. The Kier molecular flexibility index (Phi) is 3.65. The standard InChI is InChI=1S/C11H16N2O4S/c1-5-3-13(11(17)12-9(5)16)10-6(2)8(15)7(4-14)18-10/h3,6-8,10,14-15H,4H2,1-2H3,(H,12,16,17)/t6?,7-,8?,10+/m1/s1. The van der Waals surface area contributed by atoms with Crippen LogP contribution >= 0.6 is 11.8 Å². The highest BCUT2D eigenvalue weighted by atomic mass is 32.2. The third-order valence-electron chi connectivity index (χ3n) is 3.28. The van der Waals surface area contributed by atoms with E-state index in [0.717, 1.165) is 0 Å². The number of H-pyrrole nitrogens is 1. The monoisotopic (exact) mass is 272 g/mol. The van der Waals surface area contributed by atoms with Crippen LogP contribution in [-0.4, -0.2) is 37.7 Å². The van der Waals surface area contributed by atoms with Crippen LogP contribution in [0.2, 0.25) is 0 Å². The summed E-state index contributed by atoms with van der Waals surface area (Å²) in [5.41, 5.74) is -0.434. The van der Waals surface area contributed by atoms with E-state index in [2.05, 4.69) is 4.98 Å². The minimum atomic E-state index is -0.663. The molecule has 18 heavy (non-hydrogen) atoms. The topological polar surface area (TPSA) is 95.3 Å². The van der Waals surface area contributed by atoms with Gasteiger partial charge in [0, 0.05) is 17.7 Å². The van der Waals surface area contributed by atoms with Gasteiger partial charge in [0.25, 0.3) is 5.56 Å². The Hall–Kier alpha value is -1.05. The lowest BCUT2D eigenvalue weighted by molar-refractivity contribution is 0.0963. The van der Waals surface area contributed by atoms with Crippen molar-refractivity contribution in [2.24, 2.45) is 5.92 Å². The Morgan fingerprint density at radius 1 is 1.50 bits per heavy atom. The van der Waals surface area contributed by atoms with Crippen molar-refractivity contribution >= 4 is 11.8 Å². The first kappa shape index (κ1) is 13.4. The molecule has 0 spiro atoms. The van der Waals surface area contributed by atoms with Gasteiger partial charge in [0.1, 0.15) is 0 Å². The predicted octanol–water partition coefficient (Wildman–Crippen LogP) is -0.552. The summed E-state index contributed by atoms with van der Waals surface area (Å²) in [6.45, 7) is 3.31. The molecule has 0 aliphatic carbocycles. The maximum absolute atomic E-state index is 11.8. The first-order chi connectivity index (χ1) is 8.45. The molecule has 7 heteroatoms. The molecule has 1 saturated heterocycles. The van der Waals surface area contributed by atoms with Gasteiger partial charge < -0.3 is 10.2 Å². The molecule has 6 nitrogen and oxygen atoms in total. The van der Waals surface area contributed by atoms with E-state index < -0.39 is 17.4 Å². The molecule has 0 radical (unpaired) electrons. The van der Waals surface area contributed by atoms with E-state index in [1.54, 1.807) is 6.92 Å². The summed E-state index contributed by atoms with van der Waals surface area (Å²) in [6.07, 6.45) is 0.839. The summed E-state index contributed by atoms with van der Waals surface area (Å²) in [7, 11) is 0. The number of aliphatic hydroxyl groups is 2. The maximum Gasteiger partial charge on any atom is 0.329 e. The highest BCUT2D eigenvalue weighted by Gasteiger charge is 2.41.